The van der Waals surface area contributed by atoms with Crippen LogP contribution in [0.1, 0.15) is 13.8 Å². The van der Waals surface area contributed by atoms with Crippen molar-refractivity contribution < 1.29 is 4.79 Å². The third kappa shape index (κ3) is 3.76. The lowest BCUT2D eigenvalue weighted by Crippen LogP contribution is -2.38. The third-order valence-corrected chi connectivity index (χ3v) is 2.04. The van der Waals surface area contributed by atoms with Gasteiger partial charge in [0.25, 0.3) is 0 Å². The number of hydrogen-bond donors (Lipinski definition) is 2. The molecule has 88 valence electrons. The minimum Gasteiger partial charge on any atom is -0.384 e. The highest BCUT2D eigenvalue weighted by atomic mass is 16.2. The summed E-state index contributed by atoms with van der Waals surface area (Å²) in [4.78, 5) is 17.3. The summed E-state index contributed by atoms with van der Waals surface area (Å²) in [5.74, 6) is 0.446. The van der Waals surface area contributed by atoms with E-state index in [2.05, 4.69) is 10.3 Å². The van der Waals surface area contributed by atoms with E-state index in [4.69, 9.17) is 5.73 Å². The van der Waals surface area contributed by atoms with Gasteiger partial charge in [0.05, 0.1) is 6.54 Å². The second-order valence-corrected chi connectivity index (χ2v) is 4.02. The number of aromatic nitrogens is 1. The Kier molecular flexibility index (Phi) is 4.10. The number of nitrogen functional groups attached to an aromatic ring is 1. The van der Waals surface area contributed by atoms with Gasteiger partial charge in [0.1, 0.15) is 5.82 Å². The zero-order valence-corrected chi connectivity index (χ0v) is 9.90. The number of carbonyl (C=O) groups excluding carboxylic acids is 1. The van der Waals surface area contributed by atoms with Gasteiger partial charge in [-0.3, -0.25) is 4.79 Å². The lowest BCUT2D eigenvalue weighted by molar-refractivity contribution is -0.120. The Balaban J connectivity index is 2.58. The lowest BCUT2D eigenvalue weighted by Gasteiger charge is -2.19. The summed E-state index contributed by atoms with van der Waals surface area (Å²) in [7, 11) is 1.84. The maximum Gasteiger partial charge on any atom is 0.239 e. The molecule has 1 heterocycles. The minimum atomic E-state index is -0.00659. The molecule has 0 spiro atoms. The summed E-state index contributed by atoms with van der Waals surface area (Å²) in [5.41, 5.74) is 6.45. The van der Waals surface area contributed by atoms with E-state index in [9.17, 15) is 4.79 Å². The fraction of sp³-hybridized carbons (Fsp3) is 0.455. The summed E-state index contributed by atoms with van der Waals surface area (Å²) in [6, 6.07) is 3.71. The van der Waals surface area contributed by atoms with Gasteiger partial charge < -0.3 is 16.0 Å². The minimum absolute atomic E-state index is 0.00659. The van der Waals surface area contributed by atoms with Crippen LogP contribution in [0, 0.1) is 0 Å². The Morgan fingerprint density at radius 2 is 2.31 bits per heavy atom. The second kappa shape index (κ2) is 5.34. The quantitative estimate of drug-likeness (QED) is 0.783. The molecule has 0 aliphatic heterocycles. The maximum absolute atomic E-state index is 11.5. The molecule has 0 aliphatic rings. The van der Waals surface area contributed by atoms with Crippen LogP contribution >= 0.6 is 0 Å². The first-order valence-corrected chi connectivity index (χ1v) is 5.21. The molecule has 0 saturated heterocycles. The van der Waals surface area contributed by atoms with Gasteiger partial charge in [-0.15, -0.1) is 0 Å². The lowest BCUT2D eigenvalue weighted by atomic mass is 10.3. The average Bonchev–Trinajstić information content (AvgIpc) is 2.16. The first kappa shape index (κ1) is 12.3. The Hall–Kier alpha value is -1.78. The van der Waals surface area contributed by atoms with E-state index in [1.807, 2.05) is 31.9 Å². The topological polar surface area (TPSA) is 71.2 Å². The van der Waals surface area contributed by atoms with Crippen LogP contribution in [0.25, 0.3) is 0 Å². The average molecular weight is 222 g/mol. The number of amides is 1. The molecule has 1 rings (SSSR count). The Morgan fingerprint density at radius 3 is 2.88 bits per heavy atom. The summed E-state index contributed by atoms with van der Waals surface area (Å²) in [5, 5.41) is 2.83. The van der Waals surface area contributed by atoms with Gasteiger partial charge in [-0.25, -0.2) is 4.98 Å². The molecule has 0 radical (unpaired) electrons. The van der Waals surface area contributed by atoms with Gasteiger partial charge >= 0.3 is 0 Å². The highest BCUT2D eigenvalue weighted by molar-refractivity contribution is 5.81. The van der Waals surface area contributed by atoms with Crippen molar-refractivity contribution in [2.45, 2.75) is 19.9 Å². The van der Waals surface area contributed by atoms with E-state index >= 15 is 0 Å². The van der Waals surface area contributed by atoms with Crippen LogP contribution in [0.15, 0.2) is 18.3 Å². The zero-order chi connectivity index (χ0) is 12.1. The normalized spacial score (nSPS) is 10.2. The van der Waals surface area contributed by atoms with Crippen LogP contribution in [-0.4, -0.2) is 30.5 Å². The molecule has 0 bridgehead atoms. The summed E-state index contributed by atoms with van der Waals surface area (Å²) >= 11 is 0. The maximum atomic E-state index is 11.5. The molecule has 0 unspecified atom stereocenters. The Bertz CT molecular complexity index is 365. The zero-order valence-electron chi connectivity index (χ0n) is 9.90. The predicted octanol–water partition coefficient (Wildman–Crippen LogP) is 0.625. The fourth-order valence-corrected chi connectivity index (χ4v) is 1.35. The molecule has 0 aromatic carbocycles. The fourth-order valence-electron chi connectivity index (χ4n) is 1.35. The van der Waals surface area contributed by atoms with Crippen molar-refractivity contribution >= 4 is 17.4 Å². The first-order valence-electron chi connectivity index (χ1n) is 5.21. The molecule has 1 amide bonds. The van der Waals surface area contributed by atoms with Crippen LogP contribution in [0.5, 0.6) is 0 Å². The predicted molar refractivity (Wildman–Crippen MR) is 65.2 cm³/mol. The number of nitrogens with two attached hydrogens (primary N) is 1. The number of pyridine rings is 1. The summed E-state index contributed by atoms with van der Waals surface area (Å²) in [6.45, 7) is 4.17. The van der Waals surface area contributed by atoms with E-state index in [1.54, 1.807) is 12.3 Å². The number of rotatable bonds is 4. The van der Waals surface area contributed by atoms with Crippen LogP contribution in [0.2, 0.25) is 0 Å². The van der Waals surface area contributed by atoms with Gasteiger partial charge in [-0.1, -0.05) is 0 Å². The number of anilines is 2. The van der Waals surface area contributed by atoms with Crippen LogP contribution < -0.4 is 16.0 Å². The van der Waals surface area contributed by atoms with Crippen molar-refractivity contribution in [2.24, 2.45) is 0 Å². The van der Waals surface area contributed by atoms with Crippen molar-refractivity contribution in [3.05, 3.63) is 18.3 Å². The number of hydrogen-bond acceptors (Lipinski definition) is 4. The van der Waals surface area contributed by atoms with E-state index in [0.29, 0.717) is 12.4 Å². The van der Waals surface area contributed by atoms with Crippen molar-refractivity contribution in [3.8, 4) is 0 Å². The molecule has 0 atom stereocenters. The van der Waals surface area contributed by atoms with Crippen molar-refractivity contribution in [3.63, 3.8) is 0 Å². The molecule has 5 heteroatoms. The first-order chi connectivity index (χ1) is 7.49. The van der Waals surface area contributed by atoms with E-state index in [1.165, 1.54) is 0 Å². The molecule has 0 saturated carbocycles. The molecule has 1 aromatic rings. The smallest absolute Gasteiger partial charge is 0.239 e. The SMILES string of the molecule is CC(C)NC(=O)CN(C)c1ccnc(N)c1. The van der Waals surface area contributed by atoms with Crippen LogP contribution in [0.4, 0.5) is 11.5 Å². The second-order valence-electron chi connectivity index (χ2n) is 4.02. The molecule has 3 N–H and O–H groups in total. The molecular formula is C11H18N4O. The van der Waals surface area contributed by atoms with Crippen molar-refractivity contribution in [2.75, 3.05) is 24.2 Å². The van der Waals surface area contributed by atoms with Crippen LogP contribution in [-0.2, 0) is 4.79 Å². The number of carbonyl (C=O) groups is 1. The van der Waals surface area contributed by atoms with Gasteiger partial charge in [-0.05, 0) is 19.9 Å². The summed E-state index contributed by atoms with van der Waals surface area (Å²) < 4.78 is 0. The number of likely N-dealkylation sites (N-methyl/N-ethyl adjacent to an activating group) is 1. The van der Waals surface area contributed by atoms with Crippen LogP contribution in [0.3, 0.4) is 0 Å². The van der Waals surface area contributed by atoms with Gasteiger partial charge in [-0.2, -0.15) is 0 Å². The molecule has 1 aromatic heterocycles. The number of nitrogens with zero attached hydrogens (tertiary/aromatic N) is 2. The largest absolute Gasteiger partial charge is 0.384 e. The number of nitrogens with one attached hydrogen (secondary N) is 1. The van der Waals surface area contributed by atoms with E-state index in [-0.39, 0.29) is 11.9 Å². The molecular weight excluding hydrogens is 204 g/mol. The summed E-state index contributed by atoms with van der Waals surface area (Å²) in [6.07, 6.45) is 1.63. The highest BCUT2D eigenvalue weighted by Crippen LogP contribution is 2.13. The third-order valence-electron chi connectivity index (χ3n) is 2.04. The monoisotopic (exact) mass is 222 g/mol. The Morgan fingerprint density at radius 1 is 1.62 bits per heavy atom. The molecule has 5 nitrogen and oxygen atoms in total. The van der Waals surface area contributed by atoms with Gasteiger partial charge in [0.2, 0.25) is 5.91 Å². The molecule has 0 fully saturated rings. The van der Waals surface area contributed by atoms with Crippen molar-refractivity contribution in [1.82, 2.24) is 10.3 Å². The highest BCUT2D eigenvalue weighted by Gasteiger charge is 2.08. The molecule has 16 heavy (non-hydrogen) atoms. The Labute approximate surface area is 95.7 Å². The molecule has 0 aliphatic carbocycles. The standard InChI is InChI=1S/C11H18N4O/c1-8(2)14-11(16)7-15(3)9-4-5-13-10(12)6-9/h4-6,8H,7H2,1-3H3,(H2,12,13)(H,14,16). The van der Waals surface area contributed by atoms with Gasteiger partial charge in [0.15, 0.2) is 0 Å². The van der Waals surface area contributed by atoms with E-state index < -0.39 is 0 Å². The van der Waals surface area contributed by atoms with Crippen molar-refractivity contribution in [1.29, 1.82) is 0 Å². The van der Waals surface area contributed by atoms with E-state index in [0.717, 1.165) is 5.69 Å². The van der Waals surface area contributed by atoms with Gasteiger partial charge in [0, 0.05) is 31.0 Å².